The van der Waals surface area contributed by atoms with Gasteiger partial charge in [0.25, 0.3) is 0 Å². The summed E-state index contributed by atoms with van der Waals surface area (Å²) in [5, 5.41) is 4.09. The average Bonchev–Trinajstić information content (AvgIpc) is 2.89. The summed E-state index contributed by atoms with van der Waals surface area (Å²) in [5.41, 5.74) is 5.56. The Hall–Kier alpha value is -2.64. The lowest BCUT2D eigenvalue weighted by Crippen LogP contribution is -2.36. The van der Waals surface area contributed by atoms with E-state index in [-0.39, 0.29) is 11.5 Å². The third-order valence-electron chi connectivity index (χ3n) is 3.87. The molecule has 0 aromatic carbocycles. The van der Waals surface area contributed by atoms with Gasteiger partial charge < -0.3 is 5.73 Å². The number of nitrogens with zero attached hydrogens (tertiary/aromatic N) is 4. The summed E-state index contributed by atoms with van der Waals surface area (Å²) in [6.07, 6.45) is -1.54. The molecule has 0 amide bonds. The average molecular weight is 321 g/mol. The molecule has 120 valence electrons. The van der Waals surface area contributed by atoms with E-state index in [4.69, 9.17) is 5.73 Å². The number of pyridine rings is 1. The summed E-state index contributed by atoms with van der Waals surface area (Å²) in [6.45, 7) is 2.26. The maximum Gasteiger partial charge on any atom is 0.397 e. The predicted molar refractivity (Wildman–Crippen MR) is 79.7 cm³/mol. The van der Waals surface area contributed by atoms with Gasteiger partial charge in [0.05, 0.1) is 28.5 Å². The molecule has 0 radical (unpaired) electrons. The summed E-state index contributed by atoms with van der Waals surface area (Å²) in [7, 11) is 0. The first kappa shape index (κ1) is 15.3. The molecule has 23 heavy (non-hydrogen) atoms. The second kappa shape index (κ2) is 4.94. The van der Waals surface area contributed by atoms with Crippen LogP contribution in [-0.4, -0.2) is 25.8 Å². The molecule has 8 heteroatoms. The number of fused-ring (bicyclic) bond motifs is 1. The lowest BCUT2D eigenvalue weighted by Gasteiger charge is -2.27. The number of halogens is 3. The van der Waals surface area contributed by atoms with E-state index >= 15 is 0 Å². The number of hydrogen-bond donors (Lipinski definition) is 1. The van der Waals surface area contributed by atoms with Crippen molar-refractivity contribution >= 4 is 11.5 Å². The van der Waals surface area contributed by atoms with Gasteiger partial charge in [0.15, 0.2) is 0 Å². The van der Waals surface area contributed by atoms with E-state index in [1.54, 1.807) is 28.9 Å². The van der Waals surface area contributed by atoms with Crippen molar-refractivity contribution in [2.45, 2.75) is 25.4 Å². The monoisotopic (exact) mass is 321 g/mol. The molecular weight excluding hydrogens is 307 g/mol. The van der Waals surface area contributed by atoms with Gasteiger partial charge in [0.2, 0.25) is 5.95 Å². The predicted octanol–water partition coefficient (Wildman–Crippen LogP) is 3.21. The molecule has 0 bridgehead atoms. The topological polar surface area (TPSA) is 69.1 Å². The molecule has 0 saturated carbocycles. The number of alkyl halides is 3. The lowest BCUT2D eigenvalue weighted by atomic mass is 9.85. The molecule has 0 spiro atoms. The minimum atomic E-state index is -4.35. The fourth-order valence-corrected chi connectivity index (χ4v) is 2.19. The van der Waals surface area contributed by atoms with Crippen molar-refractivity contribution in [3.05, 3.63) is 42.2 Å². The molecule has 0 atom stereocenters. The summed E-state index contributed by atoms with van der Waals surface area (Å²) in [5.74, 6) is 0.102. The van der Waals surface area contributed by atoms with Gasteiger partial charge in [0, 0.05) is 6.20 Å². The molecule has 0 fully saturated rings. The van der Waals surface area contributed by atoms with Crippen LogP contribution < -0.4 is 5.73 Å². The van der Waals surface area contributed by atoms with Crippen LogP contribution in [0.1, 0.15) is 19.4 Å². The van der Waals surface area contributed by atoms with E-state index in [9.17, 15) is 13.2 Å². The first-order valence-electron chi connectivity index (χ1n) is 6.84. The molecule has 3 aromatic heterocycles. The second-order valence-electron chi connectivity index (χ2n) is 5.73. The van der Waals surface area contributed by atoms with Gasteiger partial charge in [0.1, 0.15) is 0 Å². The smallest absolute Gasteiger partial charge is 0.367 e. The Morgan fingerprint density at radius 3 is 2.35 bits per heavy atom. The van der Waals surface area contributed by atoms with Gasteiger partial charge in [-0.2, -0.15) is 13.2 Å². The van der Waals surface area contributed by atoms with Gasteiger partial charge in [-0.15, -0.1) is 5.10 Å². The van der Waals surface area contributed by atoms with Crippen molar-refractivity contribution in [2.24, 2.45) is 0 Å². The van der Waals surface area contributed by atoms with E-state index in [0.29, 0.717) is 11.4 Å². The quantitative estimate of drug-likeness (QED) is 0.787. The second-order valence-corrected chi connectivity index (χ2v) is 5.73. The lowest BCUT2D eigenvalue weighted by molar-refractivity contribution is -0.180. The van der Waals surface area contributed by atoms with Crippen molar-refractivity contribution in [1.29, 1.82) is 0 Å². The first-order chi connectivity index (χ1) is 10.7. The molecule has 0 unspecified atom stereocenters. The first-order valence-corrected chi connectivity index (χ1v) is 6.84. The Kier molecular flexibility index (Phi) is 3.28. The molecule has 2 N–H and O–H groups in total. The summed E-state index contributed by atoms with van der Waals surface area (Å²) in [6, 6.07) is 6.52. The molecule has 5 nitrogen and oxygen atoms in total. The van der Waals surface area contributed by atoms with Gasteiger partial charge in [-0.3, -0.25) is 4.98 Å². The third kappa shape index (κ3) is 2.49. The van der Waals surface area contributed by atoms with E-state index in [2.05, 4.69) is 15.1 Å². The SMILES string of the molecule is CC(C)(c1ccc(-c2ccc3cnc(N)nn23)nc1)C(F)(F)F. The molecule has 3 heterocycles. The van der Waals surface area contributed by atoms with Crippen LogP contribution >= 0.6 is 0 Å². The van der Waals surface area contributed by atoms with E-state index in [1.807, 2.05) is 0 Å². The zero-order valence-electron chi connectivity index (χ0n) is 12.5. The van der Waals surface area contributed by atoms with Crippen LogP contribution in [0, 0.1) is 0 Å². The van der Waals surface area contributed by atoms with Crippen molar-refractivity contribution < 1.29 is 13.2 Å². The van der Waals surface area contributed by atoms with Gasteiger partial charge >= 0.3 is 6.18 Å². The zero-order valence-corrected chi connectivity index (χ0v) is 12.5. The van der Waals surface area contributed by atoms with E-state index < -0.39 is 11.6 Å². The largest absolute Gasteiger partial charge is 0.397 e. The number of nitrogens with two attached hydrogens (primary N) is 1. The Bertz CT molecular complexity index is 850. The van der Waals surface area contributed by atoms with Crippen LogP contribution in [0.15, 0.2) is 36.7 Å². The highest BCUT2D eigenvalue weighted by molar-refractivity contribution is 5.63. The summed E-state index contributed by atoms with van der Waals surface area (Å²) >= 11 is 0. The number of anilines is 1. The number of hydrogen-bond acceptors (Lipinski definition) is 4. The van der Waals surface area contributed by atoms with Gasteiger partial charge in [-0.1, -0.05) is 6.07 Å². The highest BCUT2D eigenvalue weighted by atomic mass is 19.4. The Morgan fingerprint density at radius 2 is 1.74 bits per heavy atom. The maximum absolute atomic E-state index is 13.1. The molecule has 3 rings (SSSR count). The number of rotatable bonds is 2. The molecule has 0 aliphatic rings. The van der Waals surface area contributed by atoms with Crippen molar-refractivity contribution in [3.63, 3.8) is 0 Å². The highest BCUT2D eigenvalue weighted by Gasteiger charge is 2.48. The Balaban J connectivity index is 2.04. The van der Waals surface area contributed by atoms with E-state index in [0.717, 1.165) is 19.4 Å². The van der Waals surface area contributed by atoms with E-state index in [1.165, 1.54) is 12.3 Å². The summed E-state index contributed by atoms with van der Waals surface area (Å²) in [4.78, 5) is 8.05. The summed E-state index contributed by atoms with van der Waals surface area (Å²) < 4.78 is 40.8. The Morgan fingerprint density at radius 1 is 1.00 bits per heavy atom. The number of aromatic nitrogens is 4. The van der Waals surface area contributed by atoms with Crippen LogP contribution in [0.3, 0.4) is 0 Å². The van der Waals surface area contributed by atoms with Crippen LogP contribution in [0.4, 0.5) is 19.1 Å². The van der Waals surface area contributed by atoms with Gasteiger partial charge in [-0.25, -0.2) is 9.50 Å². The minimum absolute atomic E-state index is 0.101. The maximum atomic E-state index is 13.1. The third-order valence-corrected chi connectivity index (χ3v) is 3.87. The van der Waals surface area contributed by atoms with Crippen LogP contribution in [-0.2, 0) is 5.41 Å². The standard InChI is InChI=1S/C15H14F3N5/c1-14(2,15(16,17)18)9-3-5-11(20-7-9)12-6-4-10-8-21-13(19)22-23(10)12/h3-8H,1-2H3,(H2,19,22). The van der Waals surface area contributed by atoms with Crippen LogP contribution in [0.5, 0.6) is 0 Å². The van der Waals surface area contributed by atoms with Crippen molar-refractivity contribution in [2.75, 3.05) is 5.73 Å². The fraction of sp³-hybridized carbons (Fsp3) is 0.267. The van der Waals surface area contributed by atoms with Crippen LogP contribution in [0.25, 0.3) is 16.9 Å². The molecular formula is C15H14F3N5. The molecule has 0 aliphatic heterocycles. The highest BCUT2D eigenvalue weighted by Crippen LogP contribution is 2.40. The van der Waals surface area contributed by atoms with Gasteiger partial charge in [-0.05, 0) is 37.6 Å². The minimum Gasteiger partial charge on any atom is -0.367 e. The fourth-order valence-electron chi connectivity index (χ4n) is 2.19. The van der Waals surface area contributed by atoms with Crippen molar-refractivity contribution in [3.8, 4) is 11.4 Å². The Labute approximate surface area is 130 Å². The molecule has 0 aliphatic carbocycles. The normalized spacial score (nSPS) is 12.7. The zero-order chi connectivity index (χ0) is 16.8. The van der Waals surface area contributed by atoms with Crippen LogP contribution in [0.2, 0.25) is 0 Å². The number of nitrogen functional groups attached to an aromatic ring is 1. The molecule has 3 aromatic rings. The van der Waals surface area contributed by atoms with Crippen molar-refractivity contribution in [1.82, 2.24) is 19.6 Å². The molecule has 0 saturated heterocycles.